The Labute approximate surface area is 177 Å². The van der Waals surface area contributed by atoms with Crippen LogP contribution in [0.25, 0.3) is 0 Å². The first-order valence-electron chi connectivity index (χ1n) is 11.4. The van der Waals surface area contributed by atoms with Crippen LogP contribution >= 0.6 is 0 Å². The molecule has 2 saturated heterocycles. The molecule has 2 aliphatic heterocycles. The van der Waals surface area contributed by atoms with E-state index in [4.69, 9.17) is 0 Å². The van der Waals surface area contributed by atoms with Gasteiger partial charge in [-0.2, -0.15) is 0 Å². The second kappa shape index (κ2) is 12.2. The first-order chi connectivity index (χ1) is 14.3. The average molecular weight is 401 g/mol. The van der Waals surface area contributed by atoms with Crippen LogP contribution in [0.3, 0.4) is 0 Å². The van der Waals surface area contributed by atoms with Crippen LogP contribution in [0.4, 0.5) is 0 Å². The Kier molecular flexibility index (Phi) is 9.25. The quantitative estimate of drug-likeness (QED) is 0.377. The molecule has 0 spiro atoms. The molecule has 162 valence electrons. The van der Waals surface area contributed by atoms with Gasteiger partial charge in [-0.1, -0.05) is 30.3 Å². The normalized spacial score (nSPS) is 20.7. The lowest BCUT2D eigenvalue weighted by molar-refractivity contribution is 0.152. The summed E-state index contributed by atoms with van der Waals surface area (Å²) in [4.78, 5) is 12.0. The van der Waals surface area contributed by atoms with Gasteiger partial charge in [-0.25, -0.2) is 0 Å². The first kappa shape index (κ1) is 22.1. The van der Waals surface area contributed by atoms with Crippen molar-refractivity contribution in [1.82, 2.24) is 25.3 Å². The Balaban J connectivity index is 1.37. The Morgan fingerprint density at radius 1 is 0.966 bits per heavy atom. The van der Waals surface area contributed by atoms with Crippen molar-refractivity contribution >= 4 is 5.96 Å². The maximum atomic E-state index is 4.44. The molecule has 0 bridgehead atoms. The molecule has 0 saturated carbocycles. The molecule has 29 heavy (non-hydrogen) atoms. The van der Waals surface area contributed by atoms with Gasteiger partial charge in [0.1, 0.15) is 0 Å². The minimum absolute atomic E-state index is 0.412. The molecule has 1 aromatic carbocycles. The molecule has 2 fully saturated rings. The molecule has 2 N–H and O–H groups in total. The summed E-state index contributed by atoms with van der Waals surface area (Å²) in [6, 6.07) is 11.3. The highest BCUT2D eigenvalue weighted by Gasteiger charge is 2.23. The van der Waals surface area contributed by atoms with Crippen molar-refractivity contribution in [3.05, 3.63) is 35.9 Å². The van der Waals surface area contributed by atoms with Gasteiger partial charge in [0, 0.05) is 46.3 Å². The number of benzene rings is 1. The van der Waals surface area contributed by atoms with Crippen molar-refractivity contribution in [2.45, 2.75) is 31.7 Å². The number of aliphatic imine (C=N–C) groups is 1. The zero-order valence-corrected chi connectivity index (χ0v) is 18.4. The number of guanidine groups is 1. The SMILES string of the molecule is CN=C(NCCCCN1CCN(C)CC1)NCC(c1ccccc1)N1CCCC1. The number of hydrogen-bond acceptors (Lipinski definition) is 4. The fraction of sp³-hybridized carbons (Fsp3) is 0.696. The third-order valence-electron chi connectivity index (χ3n) is 6.24. The summed E-state index contributed by atoms with van der Waals surface area (Å²) < 4.78 is 0. The predicted molar refractivity (Wildman–Crippen MR) is 123 cm³/mol. The summed E-state index contributed by atoms with van der Waals surface area (Å²) >= 11 is 0. The molecule has 2 heterocycles. The van der Waals surface area contributed by atoms with E-state index in [1.807, 2.05) is 7.05 Å². The molecule has 0 aromatic heterocycles. The lowest BCUT2D eigenvalue weighted by Gasteiger charge is -2.32. The van der Waals surface area contributed by atoms with Crippen LogP contribution in [0.15, 0.2) is 35.3 Å². The van der Waals surface area contributed by atoms with Gasteiger partial charge in [0.25, 0.3) is 0 Å². The fourth-order valence-electron chi connectivity index (χ4n) is 4.34. The number of piperazine rings is 1. The molecule has 0 radical (unpaired) electrons. The molecular weight excluding hydrogens is 360 g/mol. The van der Waals surface area contributed by atoms with E-state index < -0.39 is 0 Å². The molecule has 0 aliphatic carbocycles. The number of rotatable bonds is 9. The van der Waals surface area contributed by atoms with Crippen molar-refractivity contribution in [3.8, 4) is 0 Å². The van der Waals surface area contributed by atoms with Crippen molar-refractivity contribution in [3.63, 3.8) is 0 Å². The van der Waals surface area contributed by atoms with Crippen molar-refractivity contribution in [2.75, 3.05) is 73.0 Å². The fourth-order valence-corrected chi connectivity index (χ4v) is 4.34. The van der Waals surface area contributed by atoms with Crippen molar-refractivity contribution in [2.24, 2.45) is 4.99 Å². The number of nitrogens with one attached hydrogen (secondary N) is 2. The molecule has 1 atom stereocenters. The number of nitrogens with zero attached hydrogens (tertiary/aromatic N) is 4. The van der Waals surface area contributed by atoms with Gasteiger partial charge in [-0.3, -0.25) is 9.89 Å². The van der Waals surface area contributed by atoms with Gasteiger partial charge < -0.3 is 20.4 Å². The maximum Gasteiger partial charge on any atom is 0.191 e. The summed E-state index contributed by atoms with van der Waals surface area (Å²) in [6.07, 6.45) is 5.04. The van der Waals surface area contributed by atoms with E-state index in [1.54, 1.807) is 0 Å². The van der Waals surface area contributed by atoms with Crippen LogP contribution in [0.5, 0.6) is 0 Å². The van der Waals surface area contributed by atoms with Gasteiger partial charge in [-0.15, -0.1) is 0 Å². The van der Waals surface area contributed by atoms with Crippen molar-refractivity contribution < 1.29 is 0 Å². The number of unbranched alkanes of at least 4 members (excludes halogenated alkanes) is 1. The summed E-state index contributed by atoms with van der Waals surface area (Å²) in [5.74, 6) is 0.921. The molecule has 1 aromatic rings. The Morgan fingerprint density at radius 2 is 1.69 bits per heavy atom. The summed E-state index contributed by atoms with van der Waals surface area (Å²) in [6.45, 7) is 10.3. The molecule has 1 unspecified atom stereocenters. The smallest absolute Gasteiger partial charge is 0.191 e. The Hall–Kier alpha value is -1.63. The lowest BCUT2D eigenvalue weighted by Crippen LogP contribution is -2.45. The van der Waals surface area contributed by atoms with E-state index in [-0.39, 0.29) is 0 Å². The van der Waals surface area contributed by atoms with E-state index in [0.29, 0.717) is 6.04 Å². The molecule has 2 aliphatic rings. The highest BCUT2D eigenvalue weighted by atomic mass is 15.2. The highest BCUT2D eigenvalue weighted by Crippen LogP contribution is 2.24. The minimum atomic E-state index is 0.412. The third-order valence-corrected chi connectivity index (χ3v) is 6.24. The second-order valence-electron chi connectivity index (χ2n) is 8.40. The van der Waals surface area contributed by atoms with Gasteiger partial charge in [-0.05, 0) is 57.9 Å². The van der Waals surface area contributed by atoms with Gasteiger partial charge in [0.15, 0.2) is 5.96 Å². The maximum absolute atomic E-state index is 4.44. The van der Waals surface area contributed by atoms with Crippen LogP contribution in [0.2, 0.25) is 0 Å². The molecular formula is C23H40N6. The van der Waals surface area contributed by atoms with Gasteiger partial charge in [0.2, 0.25) is 0 Å². The monoisotopic (exact) mass is 400 g/mol. The number of likely N-dealkylation sites (N-methyl/N-ethyl adjacent to an activating group) is 1. The zero-order chi connectivity index (χ0) is 20.3. The summed E-state index contributed by atoms with van der Waals surface area (Å²) in [7, 11) is 4.08. The average Bonchev–Trinajstić information content (AvgIpc) is 3.29. The van der Waals surface area contributed by atoms with E-state index in [0.717, 1.165) is 19.0 Å². The largest absolute Gasteiger partial charge is 0.356 e. The van der Waals surface area contributed by atoms with Crippen LogP contribution in [-0.2, 0) is 0 Å². The molecule has 0 amide bonds. The predicted octanol–water partition coefficient (Wildman–Crippen LogP) is 2.02. The van der Waals surface area contributed by atoms with E-state index in [9.17, 15) is 0 Å². The molecule has 3 rings (SSSR count). The topological polar surface area (TPSA) is 46.1 Å². The van der Waals surface area contributed by atoms with Crippen LogP contribution in [0, 0.1) is 0 Å². The van der Waals surface area contributed by atoms with Crippen LogP contribution in [-0.4, -0.2) is 93.7 Å². The third kappa shape index (κ3) is 7.28. The molecule has 6 nitrogen and oxygen atoms in total. The van der Waals surface area contributed by atoms with Gasteiger partial charge in [0.05, 0.1) is 6.04 Å². The number of likely N-dealkylation sites (tertiary alicyclic amines) is 1. The number of hydrogen-bond donors (Lipinski definition) is 2. The minimum Gasteiger partial charge on any atom is -0.356 e. The molecule has 6 heteroatoms. The highest BCUT2D eigenvalue weighted by molar-refractivity contribution is 5.79. The zero-order valence-electron chi connectivity index (χ0n) is 18.4. The van der Waals surface area contributed by atoms with E-state index in [2.05, 4.69) is 67.7 Å². The lowest BCUT2D eigenvalue weighted by atomic mass is 10.1. The Morgan fingerprint density at radius 3 is 2.38 bits per heavy atom. The Bertz CT molecular complexity index is 591. The van der Waals surface area contributed by atoms with Crippen LogP contribution < -0.4 is 10.6 Å². The summed E-state index contributed by atoms with van der Waals surface area (Å²) in [5, 5.41) is 7.08. The summed E-state index contributed by atoms with van der Waals surface area (Å²) in [5.41, 5.74) is 1.39. The van der Waals surface area contributed by atoms with Crippen LogP contribution in [0.1, 0.15) is 37.3 Å². The standard InChI is InChI=1S/C23H40N6/c1-24-23(25-12-6-7-13-28-18-16-27(2)17-19-28)26-20-22(29-14-8-9-15-29)21-10-4-3-5-11-21/h3-5,10-11,22H,6-9,12-20H2,1-2H3,(H2,24,25,26). The van der Waals surface area contributed by atoms with E-state index >= 15 is 0 Å². The second-order valence-corrected chi connectivity index (χ2v) is 8.40. The van der Waals surface area contributed by atoms with E-state index in [1.165, 1.54) is 77.1 Å². The van der Waals surface area contributed by atoms with Crippen molar-refractivity contribution in [1.29, 1.82) is 0 Å². The first-order valence-corrected chi connectivity index (χ1v) is 11.4. The van der Waals surface area contributed by atoms with Gasteiger partial charge >= 0.3 is 0 Å².